The highest BCUT2D eigenvalue weighted by molar-refractivity contribution is 7.89. The normalized spacial score (nSPS) is 11.6. The first-order chi connectivity index (χ1) is 16.3. The smallest absolute Gasteiger partial charge is 0.245 e. The van der Waals surface area contributed by atoms with Crippen LogP contribution >= 0.6 is 34.5 Å². The Hall–Kier alpha value is -1.94. The molecule has 1 aromatic heterocycles. The van der Waals surface area contributed by atoms with Gasteiger partial charge in [-0.3, -0.25) is 4.79 Å². The Bertz CT molecular complexity index is 1170. The molecule has 0 aliphatic carbocycles. The van der Waals surface area contributed by atoms with Gasteiger partial charge < -0.3 is 9.64 Å². The van der Waals surface area contributed by atoms with Crippen LogP contribution in [0.5, 0.6) is 0 Å². The summed E-state index contributed by atoms with van der Waals surface area (Å²) in [4.78, 5) is 16.0. The number of hydrogen-bond donors (Lipinski definition) is 0. The van der Waals surface area contributed by atoms with Crippen LogP contribution in [0.3, 0.4) is 0 Å². The molecule has 34 heavy (non-hydrogen) atoms. The van der Waals surface area contributed by atoms with Crippen LogP contribution in [0.15, 0.2) is 70.9 Å². The van der Waals surface area contributed by atoms with E-state index in [1.807, 2.05) is 47.8 Å². The Morgan fingerprint density at radius 1 is 1.03 bits per heavy atom. The van der Waals surface area contributed by atoms with Crippen LogP contribution in [0.25, 0.3) is 0 Å². The lowest BCUT2D eigenvalue weighted by Gasteiger charge is -2.27. The number of halogens is 2. The molecule has 6 nitrogen and oxygen atoms in total. The number of carbonyl (C=O) groups is 1. The Morgan fingerprint density at radius 2 is 1.79 bits per heavy atom. The van der Waals surface area contributed by atoms with E-state index in [4.69, 9.17) is 27.9 Å². The number of benzene rings is 2. The van der Waals surface area contributed by atoms with E-state index in [-0.39, 0.29) is 33.9 Å². The molecule has 0 aliphatic heterocycles. The van der Waals surface area contributed by atoms with Crippen molar-refractivity contribution in [3.8, 4) is 0 Å². The number of ether oxygens (including phenoxy) is 1. The molecule has 3 aromatic rings. The monoisotopic (exact) mass is 540 g/mol. The average molecular weight is 542 g/mol. The summed E-state index contributed by atoms with van der Waals surface area (Å²) in [6.07, 6.45) is 0.421. The van der Waals surface area contributed by atoms with Crippen LogP contribution < -0.4 is 0 Å². The molecule has 182 valence electrons. The molecule has 0 unspecified atom stereocenters. The number of carbonyl (C=O) groups excluding carboxylic acids is 1. The fourth-order valence-electron chi connectivity index (χ4n) is 3.36. The van der Waals surface area contributed by atoms with Crippen molar-refractivity contribution in [2.45, 2.75) is 24.4 Å². The third-order valence-corrected chi connectivity index (χ3v) is 8.50. The number of rotatable bonds is 12. The van der Waals surface area contributed by atoms with E-state index < -0.39 is 10.0 Å². The summed E-state index contributed by atoms with van der Waals surface area (Å²) in [7, 11) is -2.54. The quantitative estimate of drug-likeness (QED) is 0.292. The third kappa shape index (κ3) is 7.28. The van der Waals surface area contributed by atoms with Crippen molar-refractivity contribution in [1.29, 1.82) is 0 Å². The first-order valence-electron chi connectivity index (χ1n) is 10.6. The summed E-state index contributed by atoms with van der Waals surface area (Å²) in [5.74, 6) is -0.309. The van der Waals surface area contributed by atoms with E-state index in [9.17, 15) is 13.2 Å². The van der Waals surface area contributed by atoms with Crippen molar-refractivity contribution in [2.24, 2.45) is 0 Å². The Balaban J connectivity index is 1.88. The molecule has 0 atom stereocenters. The zero-order chi connectivity index (χ0) is 24.6. The highest BCUT2D eigenvalue weighted by Gasteiger charge is 2.30. The van der Waals surface area contributed by atoms with Crippen molar-refractivity contribution >= 4 is 50.5 Å². The van der Waals surface area contributed by atoms with Crippen LogP contribution in [-0.2, 0) is 32.6 Å². The number of nitrogens with zero attached hydrogens (tertiary/aromatic N) is 2. The molecule has 0 aliphatic rings. The van der Waals surface area contributed by atoms with Crippen molar-refractivity contribution in [3.63, 3.8) is 0 Å². The fourth-order valence-corrected chi connectivity index (χ4v) is 6.25. The minimum Gasteiger partial charge on any atom is -0.385 e. The van der Waals surface area contributed by atoms with E-state index in [0.29, 0.717) is 26.1 Å². The lowest BCUT2D eigenvalue weighted by Crippen LogP contribution is -2.43. The molecule has 0 N–H and O–H groups in total. The fraction of sp³-hybridized carbons (Fsp3) is 0.292. The van der Waals surface area contributed by atoms with Gasteiger partial charge in [-0.2, -0.15) is 4.31 Å². The van der Waals surface area contributed by atoms with Crippen LogP contribution in [0.2, 0.25) is 10.0 Å². The topological polar surface area (TPSA) is 66.9 Å². The summed E-state index contributed by atoms with van der Waals surface area (Å²) in [5.41, 5.74) is 0.957. The third-order valence-electron chi connectivity index (χ3n) is 5.07. The number of amides is 1. The second kappa shape index (κ2) is 12.7. The van der Waals surface area contributed by atoms with Gasteiger partial charge in [-0.25, -0.2) is 8.42 Å². The van der Waals surface area contributed by atoms with Crippen LogP contribution in [-0.4, -0.2) is 50.3 Å². The second-order valence-corrected chi connectivity index (χ2v) is 11.4. The number of hydrogen-bond acceptors (Lipinski definition) is 5. The molecule has 0 fully saturated rings. The minimum absolute atomic E-state index is 0.0494. The molecule has 0 radical (unpaired) electrons. The van der Waals surface area contributed by atoms with Gasteiger partial charge in [-0.15, -0.1) is 11.3 Å². The van der Waals surface area contributed by atoms with Crippen molar-refractivity contribution in [2.75, 3.05) is 26.8 Å². The maximum atomic E-state index is 13.5. The lowest BCUT2D eigenvalue weighted by molar-refractivity contribution is -0.132. The van der Waals surface area contributed by atoms with E-state index >= 15 is 0 Å². The Kier molecular flexibility index (Phi) is 9.94. The molecular weight excluding hydrogens is 515 g/mol. The molecule has 1 amide bonds. The maximum absolute atomic E-state index is 13.5. The number of thiophene rings is 1. The summed E-state index contributed by atoms with van der Waals surface area (Å²) in [5, 5.41) is 2.24. The number of methoxy groups -OCH3 is 1. The number of sulfonamides is 1. The van der Waals surface area contributed by atoms with Gasteiger partial charge in [-0.1, -0.05) is 59.6 Å². The maximum Gasteiger partial charge on any atom is 0.245 e. The molecule has 3 rings (SSSR count). The largest absolute Gasteiger partial charge is 0.385 e. The van der Waals surface area contributed by atoms with Gasteiger partial charge >= 0.3 is 0 Å². The highest BCUT2D eigenvalue weighted by atomic mass is 35.5. The van der Waals surface area contributed by atoms with E-state index in [1.165, 1.54) is 18.2 Å². The molecule has 2 aromatic carbocycles. The van der Waals surface area contributed by atoms with Gasteiger partial charge in [0.2, 0.25) is 15.9 Å². The second-order valence-electron chi connectivity index (χ2n) is 7.57. The Morgan fingerprint density at radius 3 is 2.47 bits per heavy atom. The zero-order valence-electron chi connectivity index (χ0n) is 18.7. The lowest BCUT2D eigenvalue weighted by atomic mass is 10.2. The molecule has 0 spiro atoms. The summed E-state index contributed by atoms with van der Waals surface area (Å²) in [6.45, 7) is 0.874. The van der Waals surface area contributed by atoms with Gasteiger partial charge in [0, 0.05) is 36.7 Å². The molecule has 0 bridgehead atoms. The first kappa shape index (κ1) is 26.7. The Labute approximate surface area is 214 Å². The van der Waals surface area contributed by atoms with Gasteiger partial charge in [-0.05, 0) is 41.6 Å². The summed E-state index contributed by atoms with van der Waals surface area (Å²) >= 11 is 13.8. The molecule has 1 heterocycles. The molecule has 0 saturated heterocycles. The van der Waals surface area contributed by atoms with Gasteiger partial charge in [0.15, 0.2) is 0 Å². The standard InChI is InChI=1S/C24H26Cl2N2O4S2/c1-32-13-6-12-28(34(30,31)23-15-20(25)10-11-22(23)26)18-24(29)27(17-21-9-5-14-33-21)16-19-7-3-2-4-8-19/h2-5,7-11,14-15H,6,12-13,16-18H2,1H3. The zero-order valence-corrected chi connectivity index (χ0v) is 21.8. The summed E-state index contributed by atoms with van der Waals surface area (Å²) < 4.78 is 33.3. The minimum atomic E-state index is -4.08. The van der Waals surface area contributed by atoms with Crippen molar-refractivity contribution in [1.82, 2.24) is 9.21 Å². The van der Waals surface area contributed by atoms with Gasteiger partial charge in [0.1, 0.15) is 4.90 Å². The van der Waals surface area contributed by atoms with E-state index in [2.05, 4.69) is 0 Å². The van der Waals surface area contributed by atoms with E-state index in [1.54, 1.807) is 23.3 Å². The van der Waals surface area contributed by atoms with Gasteiger partial charge in [0.25, 0.3) is 0 Å². The average Bonchev–Trinajstić information content (AvgIpc) is 3.33. The van der Waals surface area contributed by atoms with Crippen LogP contribution in [0.4, 0.5) is 0 Å². The summed E-state index contributed by atoms with van der Waals surface area (Å²) in [6, 6.07) is 17.7. The van der Waals surface area contributed by atoms with Gasteiger partial charge in [0.05, 0.1) is 18.1 Å². The molecule has 0 saturated carbocycles. The molecular formula is C24H26Cl2N2O4S2. The predicted octanol–water partition coefficient (Wildman–Crippen LogP) is 5.31. The van der Waals surface area contributed by atoms with Crippen LogP contribution in [0.1, 0.15) is 16.9 Å². The first-order valence-corrected chi connectivity index (χ1v) is 13.7. The van der Waals surface area contributed by atoms with Crippen LogP contribution in [0, 0.1) is 0 Å². The highest BCUT2D eigenvalue weighted by Crippen LogP contribution is 2.28. The molecule has 10 heteroatoms. The SMILES string of the molecule is COCCCN(CC(=O)N(Cc1ccccc1)Cc1cccs1)S(=O)(=O)c1cc(Cl)ccc1Cl. The van der Waals surface area contributed by atoms with E-state index in [0.717, 1.165) is 14.7 Å². The van der Waals surface area contributed by atoms with Crippen molar-refractivity contribution < 1.29 is 17.9 Å². The van der Waals surface area contributed by atoms with Crippen molar-refractivity contribution in [3.05, 3.63) is 86.5 Å². The predicted molar refractivity (Wildman–Crippen MR) is 137 cm³/mol.